The molecule has 3 atom stereocenters. The van der Waals surface area contributed by atoms with E-state index in [-0.39, 0.29) is 11.9 Å². The largest absolute Gasteiger partial charge is 0.304 e. The van der Waals surface area contributed by atoms with Crippen LogP contribution in [0.5, 0.6) is 0 Å². The third-order valence-corrected chi connectivity index (χ3v) is 4.95. The zero-order chi connectivity index (χ0) is 13.2. The Kier molecular flexibility index (Phi) is 4.05. The first kappa shape index (κ1) is 13.3. The fourth-order valence-corrected chi connectivity index (χ4v) is 3.67. The quantitative estimate of drug-likeness (QED) is 0.749. The summed E-state index contributed by atoms with van der Waals surface area (Å²) in [5.41, 5.74) is 3.10. The Morgan fingerprint density at radius 1 is 1.16 bits per heavy atom. The Balaban J connectivity index is 1.48. The number of nitrogens with zero attached hydrogens (tertiary/aromatic N) is 2. The Morgan fingerprint density at radius 2 is 1.89 bits per heavy atom. The van der Waals surface area contributed by atoms with Gasteiger partial charge in [0.2, 0.25) is 0 Å². The van der Waals surface area contributed by atoms with E-state index in [9.17, 15) is 4.79 Å². The van der Waals surface area contributed by atoms with E-state index in [0.717, 1.165) is 38.5 Å². The topological polar surface area (TPSA) is 47.6 Å². The first-order valence-electron chi connectivity index (χ1n) is 7.72. The van der Waals surface area contributed by atoms with Gasteiger partial charge in [-0.1, -0.05) is 12.8 Å². The van der Waals surface area contributed by atoms with Gasteiger partial charge in [-0.15, -0.1) is 0 Å². The van der Waals surface area contributed by atoms with Gasteiger partial charge in [0.15, 0.2) is 0 Å². The second kappa shape index (κ2) is 5.77. The van der Waals surface area contributed by atoms with E-state index >= 15 is 0 Å². The van der Waals surface area contributed by atoms with Gasteiger partial charge in [-0.2, -0.15) is 0 Å². The molecular weight excluding hydrogens is 240 g/mol. The number of hydrazine groups is 1. The third-order valence-electron chi connectivity index (χ3n) is 4.95. The van der Waals surface area contributed by atoms with Crippen molar-refractivity contribution in [2.45, 2.75) is 44.2 Å². The molecule has 19 heavy (non-hydrogen) atoms. The molecule has 0 spiro atoms. The van der Waals surface area contributed by atoms with Gasteiger partial charge in [-0.25, -0.2) is 5.01 Å². The van der Waals surface area contributed by atoms with Gasteiger partial charge in [-0.3, -0.25) is 10.2 Å². The van der Waals surface area contributed by atoms with Gasteiger partial charge in [0.25, 0.3) is 5.91 Å². The van der Waals surface area contributed by atoms with Crippen LogP contribution in [0.4, 0.5) is 0 Å². The molecule has 3 fully saturated rings. The maximum atomic E-state index is 12.3. The molecule has 5 heteroatoms. The molecule has 108 valence electrons. The molecule has 2 heterocycles. The van der Waals surface area contributed by atoms with Crippen LogP contribution in [0.25, 0.3) is 0 Å². The van der Waals surface area contributed by atoms with E-state index in [1.54, 1.807) is 0 Å². The number of rotatable bonds is 2. The summed E-state index contributed by atoms with van der Waals surface area (Å²) in [4.78, 5) is 14.6. The summed E-state index contributed by atoms with van der Waals surface area (Å²) < 4.78 is 0. The predicted molar refractivity (Wildman–Crippen MR) is 74.5 cm³/mol. The van der Waals surface area contributed by atoms with Crippen LogP contribution in [0.3, 0.4) is 0 Å². The average molecular weight is 266 g/mol. The summed E-state index contributed by atoms with van der Waals surface area (Å²) in [5, 5.41) is 5.62. The van der Waals surface area contributed by atoms with Crippen LogP contribution in [0.1, 0.15) is 32.1 Å². The molecule has 2 aliphatic heterocycles. The molecule has 2 saturated heterocycles. The minimum absolute atomic E-state index is 0.0350. The van der Waals surface area contributed by atoms with Crippen molar-refractivity contribution in [3.8, 4) is 0 Å². The van der Waals surface area contributed by atoms with E-state index in [0.29, 0.717) is 6.04 Å². The molecule has 0 bridgehead atoms. The number of fused-ring (bicyclic) bond motifs is 1. The first-order valence-corrected chi connectivity index (χ1v) is 7.72. The van der Waals surface area contributed by atoms with Gasteiger partial charge < -0.3 is 10.2 Å². The summed E-state index contributed by atoms with van der Waals surface area (Å²) in [6, 6.07) is 0.629. The number of carbonyl (C=O) groups is 1. The number of hydrogen-bond acceptors (Lipinski definition) is 4. The molecule has 3 aliphatic rings. The van der Waals surface area contributed by atoms with E-state index in [4.69, 9.17) is 0 Å². The summed E-state index contributed by atoms with van der Waals surface area (Å²) in [6.45, 7) is 3.93. The van der Waals surface area contributed by atoms with Crippen molar-refractivity contribution >= 4 is 5.91 Å². The normalized spacial score (nSPS) is 37.0. The lowest BCUT2D eigenvalue weighted by Gasteiger charge is -2.33. The van der Waals surface area contributed by atoms with Gasteiger partial charge >= 0.3 is 0 Å². The molecule has 3 unspecified atom stereocenters. The molecule has 1 amide bonds. The van der Waals surface area contributed by atoms with Crippen LogP contribution < -0.4 is 10.7 Å². The van der Waals surface area contributed by atoms with E-state index in [1.807, 2.05) is 0 Å². The van der Waals surface area contributed by atoms with Crippen molar-refractivity contribution in [3.05, 3.63) is 0 Å². The predicted octanol–water partition coefficient (Wildman–Crippen LogP) is 0.186. The maximum absolute atomic E-state index is 12.3. The molecule has 0 aromatic carbocycles. The molecule has 2 N–H and O–H groups in total. The lowest BCUT2D eigenvalue weighted by atomic mass is 9.85. The van der Waals surface area contributed by atoms with Crippen LogP contribution in [-0.4, -0.2) is 61.1 Å². The minimum atomic E-state index is 0.0350. The maximum Gasteiger partial charge on any atom is 0.251 e. The first-order chi connectivity index (χ1) is 9.22. The highest BCUT2D eigenvalue weighted by Crippen LogP contribution is 2.33. The summed E-state index contributed by atoms with van der Waals surface area (Å²) in [5.74, 6) is 0.913. The van der Waals surface area contributed by atoms with Gasteiger partial charge in [0, 0.05) is 32.2 Å². The summed E-state index contributed by atoms with van der Waals surface area (Å²) >= 11 is 0. The zero-order valence-corrected chi connectivity index (χ0v) is 11.9. The van der Waals surface area contributed by atoms with Crippen LogP contribution >= 0.6 is 0 Å². The number of piperazine rings is 1. The smallest absolute Gasteiger partial charge is 0.251 e. The molecule has 1 saturated carbocycles. The van der Waals surface area contributed by atoms with Crippen molar-refractivity contribution in [2.75, 3.05) is 33.2 Å². The molecule has 3 rings (SSSR count). The van der Waals surface area contributed by atoms with Gasteiger partial charge in [0.05, 0.1) is 6.04 Å². The second-order valence-corrected chi connectivity index (χ2v) is 6.37. The Bertz CT molecular complexity index is 313. The number of carbonyl (C=O) groups excluding carboxylic acids is 1. The highest BCUT2D eigenvalue weighted by molar-refractivity contribution is 5.81. The van der Waals surface area contributed by atoms with Crippen molar-refractivity contribution in [2.24, 2.45) is 5.92 Å². The summed E-state index contributed by atoms with van der Waals surface area (Å²) in [7, 11) is 2.13. The van der Waals surface area contributed by atoms with Gasteiger partial charge in [0.1, 0.15) is 0 Å². The molecule has 5 nitrogen and oxygen atoms in total. The number of hydrogen-bond donors (Lipinski definition) is 2. The molecule has 0 radical (unpaired) electrons. The third kappa shape index (κ3) is 3.09. The monoisotopic (exact) mass is 266 g/mol. The number of likely N-dealkylation sites (N-methyl/N-ethyl adjacent to an activating group) is 1. The van der Waals surface area contributed by atoms with E-state index in [2.05, 4.69) is 27.7 Å². The van der Waals surface area contributed by atoms with Crippen LogP contribution in [0, 0.1) is 5.92 Å². The van der Waals surface area contributed by atoms with Crippen LogP contribution in [0.2, 0.25) is 0 Å². The fraction of sp³-hybridized carbons (Fsp3) is 0.929. The number of nitrogens with one attached hydrogen (secondary N) is 2. The van der Waals surface area contributed by atoms with Crippen molar-refractivity contribution in [3.63, 3.8) is 0 Å². The Hall–Kier alpha value is -0.650. The van der Waals surface area contributed by atoms with Crippen LogP contribution in [0.15, 0.2) is 0 Å². The molecule has 0 aromatic heterocycles. The van der Waals surface area contributed by atoms with Crippen molar-refractivity contribution < 1.29 is 4.79 Å². The Morgan fingerprint density at radius 3 is 2.63 bits per heavy atom. The highest BCUT2D eigenvalue weighted by Gasteiger charge is 2.38. The van der Waals surface area contributed by atoms with E-state index in [1.165, 1.54) is 25.7 Å². The summed E-state index contributed by atoms with van der Waals surface area (Å²) in [6.07, 6.45) is 6.25. The minimum Gasteiger partial charge on any atom is -0.304 e. The molecule has 0 aromatic rings. The lowest BCUT2D eigenvalue weighted by Crippen LogP contribution is -2.56. The van der Waals surface area contributed by atoms with Crippen molar-refractivity contribution in [1.29, 1.82) is 0 Å². The van der Waals surface area contributed by atoms with Crippen molar-refractivity contribution in [1.82, 2.24) is 20.7 Å². The number of amides is 1. The second-order valence-electron chi connectivity index (χ2n) is 6.37. The Labute approximate surface area is 115 Å². The van der Waals surface area contributed by atoms with Gasteiger partial charge in [-0.05, 0) is 32.2 Å². The fourth-order valence-electron chi connectivity index (χ4n) is 3.67. The molecule has 1 aliphatic carbocycles. The average Bonchev–Trinajstić information content (AvgIpc) is 2.85. The zero-order valence-electron chi connectivity index (χ0n) is 11.9. The van der Waals surface area contributed by atoms with E-state index < -0.39 is 0 Å². The highest BCUT2D eigenvalue weighted by atomic mass is 16.2. The SMILES string of the molecule is CN1CCN(NC(=O)C2CC3CCCCC3N2)CC1. The lowest BCUT2D eigenvalue weighted by molar-refractivity contribution is -0.128. The van der Waals surface area contributed by atoms with Crippen LogP contribution in [-0.2, 0) is 4.79 Å². The molecular formula is C14H26N4O. The standard InChI is InChI=1S/C14H26N4O/c1-17-6-8-18(9-7-17)16-14(19)13-10-11-4-2-3-5-12(11)15-13/h11-13,15H,2-10H2,1H3,(H,16,19).